The molecular formula is C19H21FN4O2. The maximum atomic E-state index is 13.2. The maximum absolute atomic E-state index is 13.2. The van der Waals surface area contributed by atoms with Gasteiger partial charge in [-0.3, -0.25) is 9.59 Å². The van der Waals surface area contributed by atoms with Gasteiger partial charge >= 0.3 is 0 Å². The van der Waals surface area contributed by atoms with E-state index in [0.717, 1.165) is 24.1 Å². The number of carbonyl (C=O) groups excluding carboxylic acids is 2. The predicted molar refractivity (Wildman–Crippen MR) is 96.4 cm³/mol. The Morgan fingerprint density at radius 3 is 2.92 bits per heavy atom. The minimum atomic E-state index is -0.303. The molecule has 2 aromatic rings. The summed E-state index contributed by atoms with van der Waals surface area (Å²) in [6.07, 6.45) is 4.49. The van der Waals surface area contributed by atoms with Crippen LogP contribution < -0.4 is 5.32 Å². The fourth-order valence-corrected chi connectivity index (χ4v) is 3.15. The summed E-state index contributed by atoms with van der Waals surface area (Å²) in [5.74, 6) is -0.467. The maximum Gasteiger partial charge on any atom is 0.245 e. The molecule has 7 heteroatoms. The molecule has 1 aliphatic heterocycles. The van der Waals surface area contributed by atoms with Crippen molar-refractivity contribution in [3.63, 3.8) is 0 Å². The van der Waals surface area contributed by atoms with Crippen LogP contribution in [0.5, 0.6) is 0 Å². The van der Waals surface area contributed by atoms with Gasteiger partial charge in [0.15, 0.2) is 5.82 Å². The zero-order valence-electron chi connectivity index (χ0n) is 14.6. The molecule has 0 saturated carbocycles. The Hall–Kier alpha value is -2.96. The molecular weight excluding hydrogens is 335 g/mol. The molecule has 6 nitrogen and oxygen atoms in total. The molecule has 3 rings (SSSR count). The van der Waals surface area contributed by atoms with Crippen molar-refractivity contribution < 1.29 is 14.0 Å². The van der Waals surface area contributed by atoms with E-state index in [1.165, 1.54) is 18.2 Å². The van der Waals surface area contributed by atoms with E-state index in [4.69, 9.17) is 0 Å². The number of anilines is 1. The molecule has 26 heavy (non-hydrogen) atoms. The van der Waals surface area contributed by atoms with Crippen molar-refractivity contribution in [2.45, 2.75) is 19.8 Å². The fourth-order valence-electron chi connectivity index (χ4n) is 3.15. The second kappa shape index (κ2) is 7.51. The Morgan fingerprint density at radius 1 is 1.38 bits per heavy atom. The van der Waals surface area contributed by atoms with Crippen molar-refractivity contribution in [2.24, 2.45) is 5.92 Å². The summed E-state index contributed by atoms with van der Waals surface area (Å²) in [6.45, 7) is 6.32. The summed E-state index contributed by atoms with van der Waals surface area (Å²) < 4.78 is 14.8. The van der Waals surface area contributed by atoms with E-state index in [1.54, 1.807) is 34.8 Å². The number of benzene rings is 1. The molecule has 2 amide bonds. The molecule has 1 fully saturated rings. The van der Waals surface area contributed by atoms with Crippen molar-refractivity contribution >= 4 is 17.6 Å². The molecule has 2 heterocycles. The summed E-state index contributed by atoms with van der Waals surface area (Å²) in [5.41, 5.74) is 1.49. The zero-order valence-corrected chi connectivity index (χ0v) is 14.6. The topological polar surface area (TPSA) is 67.2 Å². The summed E-state index contributed by atoms with van der Waals surface area (Å²) in [7, 11) is 0. The third kappa shape index (κ3) is 3.82. The predicted octanol–water partition coefficient (Wildman–Crippen LogP) is 2.68. The van der Waals surface area contributed by atoms with Crippen LogP contribution in [0.4, 0.5) is 10.2 Å². The van der Waals surface area contributed by atoms with Crippen molar-refractivity contribution in [3.8, 4) is 5.69 Å². The van der Waals surface area contributed by atoms with Gasteiger partial charge in [-0.1, -0.05) is 6.58 Å². The molecule has 0 radical (unpaired) electrons. The lowest BCUT2D eigenvalue weighted by atomic mass is 9.97. The van der Waals surface area contributed by atoms with Gasteiger partial charge in [0, 0.05) is 25.4 Å². The number of hydrogen-bond donors (Lipinski definition) is 1. The second-order valence-corrected chi connectivity index (χ2v) is 6.39. The number of rotatable bonds is 4. The van der Waals surface area contributed by atoms with Gasteiger partial charge in [-0.05, 0) is 49.6 Å². The van der Waals surface area contributed by atoms with E-state index in [0.29, 0.717) is 18.9 Å². The van der Waals surface area contributed by atoms with Crippen LogP contribution in [-0.4, -0.2) is 39.6 Å². The Morgan fingerprint density at radius 2 is 2.19 bits per heavy atom. The van der Waals surface area contributed by atoms with Crippen molar-refractivity contribution in [2.75, 3.05) is 18.4 Å². The monoisotopic (exact) mass is 356 g/mol. The van der Waals surface area contributed by atoms with E-state index >= 15 is 0 Å². The molecule has 0 bridgehead atoms. The molecule has 1 aliphatic rings. The highest BCUT2D eigenvalue weighted by atomic mass is 19.1. The van der Waals surface area contributed by atoms with Gasteiger partial charge in [-0.2, -0.15) is 5.10 Å². The first-order valence-electron chi connectivity index (χ1n) is 8.52. The van der Waals surface area contributed by atoms with Crippen molar-refractivity contribution in [3.05, 3.63) is 54.5 Å². The van der Waals surface area contributed by atoms with Gasteiger partial charge < -0.3 is 10.2 Å². The van der Waals surface area contributed by atoms with Gasteiger partial charge in [-0.15, -0.1) is 0 Å². The quantitative estimate of drug-likeness (QED) is 0.857. The summed E-state index contributed by atoms with van der Waals surface area (Å²) >= 11 is 0. The number of nitrogens with zero attached hydrogens (tertiary/aromatic N) is 3. The summed E-state index contributed by atoms with van der Waals surface area (Å²) in [5, 5.41) is 7.14. The van der Waals surface area contributed by atoms with E-state index in [9.17, 15) is 14.0 Å². The number of carbonyl (C=O) groups is 2. The Bertz CT molecular complexity index is 846. The van der Waals surface area contributed by atoms with Gasteiger partial charge in [0.1, 0.15) is 5.82 Å². The van der Waals surface area contributed by atoms with Gasteiger partial charge in [-0.25, -0.2) is 9.07 Å². The van der Waals surface area contributed by atoms with E-state index in [2.05, 4.69) is 17.0 Å². The number of hydrogen-bond acceptors (Lipinski definition) is 3. The van der Waals surface area contributed by atoms with Gasteiger partial charge in [0.25, 0.3) is 0 Å². The molecule has 136 valence electrons. The van der Waals surface area contributed by atoms with Gasteiger partial charge in [0.05, 0.1) is 11.6 Å². The summed E-state index contributed by atoms with van der Waals surface area (Å²) in [4.78, 5) is 25.9. The average Bonchev–Trinajstić information content (AvgIpc) is 3.09. The number of aromatic nitrogens is 2. The molecule has 1 atom stereocenters. The SMILES string of the molecule is C=CC(=O)N1CCCC(C(=O)Nc2ccn(-c3ccc(F)cc3C)n2)C1. The zero-order chi connectivity index (χ0) is 18.7. The van der Waals surface area contributed by atoms with E-state index < -0.39 is 0 Å². The van der Waals surface area contributed by atoms with Crippen molar-refractivity contribution in [1.29, 1.82) is 0 Å². The van der Waals surface area contributed by atoms with Crippen molar-refractivity contribution in [1.82, 2.24) is 14.7 Å². The molecule has 1 N–H and O–H groups in total. The molecule has 1 aromatic carbocycles. The first-order valence-corrected chi connectivity index (χ1v) is 8.52. The Labute approximate surface area is 151 Å². The number of halogens is 1. The van der Waals surface area contributed by atoms with Crippen LogP contribution >= 0.6 is 0 Å². The minimum Gasteiger partial charge on any atom is -0.338 e. The molecule has 1 saturated heterocycles. The first kappa shape index (κ1) is 17.8. The highest BCUT2D eigenvalue weighted by Crippen LogP contribution is 2.20. The van der Waals surface area contributed by atoms with Crippen LogP contribution in [0, 0.1) is 18.7 Å². The second-order valence-electron chi connectivity index (χ2n) is 6.39. The third-order valence-corrected chi connectivity index (χ3v) is 4.52. The average molecular weight is 356 g/mol. The smallest absolute Gasteiger partial charge is 0.245 e. The standard InChI is InChI=1S/C19H21FN4O2/c1-3-18(25)23-9-4-5-14(12-23)19(26)21-17-8-10-24(22-17)16-7-6-15(20)11-13(16)2/h3,6-8,10-11,14H,1,4-5,9,12H2,2H3,(H,21,22,26). The largest absolute Gasteiger partial charge is 0.338 e. The van der Waals surface area contributed by atoms with Crippen LogP contribution in [0.3, 0.4) is 0 Å². The molecule has 0 spiro atoms. The van der Waals surface area contributed by atoms with E-state index in [-0.39, 0.29) is 23.5 Å². The van der Waals surface area contributed by atoms with Gasteiger partial charge in [0.2, 0.25) is 11.8 Å². The highest BCUT2D eigenvalue weighted by Gasteiger charge is 2.27. The number of nitrogens with one attached hydrogen (secondary N) is 1. The number of amides is 2. The van der Waals surface area contributed by atoms with Crippen LogP contribution in [-0.2, 0) is 9.59 Å². The first-order chi connectivity index (χ1) is 12.5. The normalized spacial score (nSPS) is 17.0. The van der Waals surface area contributed by atoms with E-state index in [1.807, 2.05) is 0 Å². The lowest BCUT2D eigenvalue weighted by molar-refractivity contribution is -0.130. The number of likely N-dealkylation sites (tertiary alicyclic amines) is 1. The lowest BCUT2D eigenvalue weighted by Gasteiger charge is -2.31. The minimum absolute atomic E-state index is 0.154. The highest BCUT2D eigenvalue weighted by molar-refractivity contribution is 5.93. The Balaban J connectivity index is 1.68. The van der Waals surface area contributed by atoms with Crippen LogP contribution in [0.15, 0.2) is 43.1 Å². The molecule has 1 unspecified atom stereocenters. The van der Waals surface area contributed by atoms with Crippen LogP contribution in [0.1, 0.15) is 18.4 Å². The van der Waals surface area contributed by atoms with Crippen LogP contribution in [0.25, 0.3) is 5.69 Å². The summed E-state index contributed by atoms with van der Waals surface area (Å²) in [6, 6.07) is 6.14. The molecule has 0 aliphatic carbocycles. The fraction of sp³-hybridized carbons (Fsp3) is 0.316. The molecule has 1 aromatic heterocycles. The lowest BCUT2D eigenvalue weighted by Crippen LogP contribution is -2.43. The Kier molecular flexibility index (Phi) is 5.16. The third-order valence-electron chi connectivity index (χ3n) is 4.52. The number of aryl methyl sites for hydroxylation is 1. The number of piperidine rings is 1. The van der Waals surface area contributed by atoms with Crippen LogP contribution in [0.2, 0.25) is 0 Å².